The molecule has 0 aromatic heterocycles. The van der Waals surface area contributed by atoms with Crippen LogP contribution in [-0.2, 0) is 4.79 Å². The van der Waals surface area contributed by atoms with Gasteiger partial charge in [0, 0.05) is 0 Å². The normalized spacial score (nSPS) is 16.2. The molecule has 0 aromatic carbocycles. The summed E-state index contributed by atoms with van der Waals surface area (Å²) in [6, 6.07) is 0. The van der Waals surface area contributed by atoms with Gasteiger partial charge >= 0.3 is 41.8 Å². The maximum absolute atomic E-state index is 13.2. The molecule has 0 aliphatic heterocycles. The molecule has 1 N–H and O–H groups in total. The van der Waals surface area contributed by atoms with E-state index in [1.807, 2.05) is 0 Å². The fourth-order valence-electron chi connectivity index (χ4n) is 1.41. The number of hydrogen-bond acceptors (Lipinski definition) is 1. The maximum Gasteiger partial charge on any atom is 0.460 e. The second kappa shape index (κ2) is 6.68. The van der Waals surface area contributed by atoms with Crippen LogP contribution >= 0.6 is 0 Å². The van der Waals surface area contributed by atoms with Gasteiger partial charge in [0.1, 0.15) is 6.17 Å². The molecule has 27 heavy (non-hydrogen) atoms. The summed E-state index contributed by atoms with van der Waals surface area (Å²) in [6.07, 6.45) is -14.6. The Labute approximate surface area is 139 Å². The molecular weight excluding hydrogens is 430 g/mol. The van der Waals surface area contributed by atoms with Gasteiger partial charge in [-0.2, -0.15) is 57.1 Å². The molecule has 0 aromatic rings. The third-order valence-electron chi connectivity index (χ3n) is 3.09. The van der Waals surface area contributed by atoms with Gasteiger partial charge in [0.05, 0.1) is 12.0 Å². The van der Waals surface area contributed by atoms with Crippen molar-refractivity contribution in [3.05, 3.63) is 12.2 Å². The third-order valence-corrected chi connectivity index (χ3v) is 3.09. The summed E-state index contributed by atoms with van der Waals surface area (Å²) < 4.78 is 178. The SMILES string of the molecule is C=C(C(=O)O)C(F)CC(F)(F)C(F)(F)C(F)(F)C(F)(F)C(F)(F)C(F)(F)F. The van der Waals surface area contributed by atoms with Crippen LogP contribution in [0.1, 0.15) is 6.42 Å². The lowest BCUT2D eigenvalue weighted by atomic mass is 9.90. The highest BCUT2D eigenvalue weighted by Gasteiger charge is 2.90. The number of aliphatic carboxylic acids is 1. The number of carbonyl (C=O) groups is 1. The summed E-state index contributed by atoms with van der Waals surface area (Å²) in [6.45, 7) is 2.25. The van der Waals surface area contributed by atoms with Crippen molar-refractivity contribution in [3.63, 3.8) is 0 Å². The monoisotopic (exact) mass is 436 g/mol. The highest BCUT2D eigenvalue weighted by Crippen LogP contribution is 2.60. The molecule has 0 radical (unpaired) electrons. The topological polar surface area (TPSA) is 37.3 Å². The quantitative estimate of drug-likeness (QED) is 0.425. The van der Waals surface area contributed by atoms with E-state index >= 15 is 0 Å². The molecule has 0 fully saturated rings. The van der Waals surface area contributed by atoms with Crippen molar-refractivity contribution >= 4 is 5.97 Å². The number of carboxylic acids is 1. The minimum atomic E-state index is -8.10. The number of alkyl halides is 14. The zero-order valence-corrected chi connectivity index (χ0v) is 12.1. The summed E-state index contributed by atoms with van der Waals surface area (Å²) in [5.74, 6) is -40.8. The predicted molar refractivity (Wildman–Crippen MR) is 57.1 cm³/mol. The second-order valence-electron chi connectivity index (χ2n) is 5.00. The van der Waals surface area contributed by atoms with Gasteiger partial charge in [-0.15, -0.1) is 0 Å². The molecular formula is C11H6F14O2. The van der Waals surface area contributed by atoms with Crippen LogP contribution in [0, 0.1) is 0 Å². The largest absolute Gasteiger partial charge is 0.478 e. The molecule has 0 aliphatic rings. The number of halogens is 14. The Bertz CT molecular complexity index is 590. The molecule has 0 saturated heterocycles. The van der Waals surface area contributed by atoms with Crippen LogP contribution < -0.4 is 0 Å². The van der Waals surface area contributed by atoms with E-state index < -0.39 is 59.9 Å². The zero-order valence-electron chi connectivity index (χ0n) is 12.1. The lowest BCUT2D eigenvalue weighted by molar-refractivity contribution is -0.440. The highest BCUT2D eigenvalue weighted by molar-refractivity contribution is 5.86. The lowest BCUT2D eigenvalue weighted by Crippen LogP contribution is -2.70. The second-order valence-corrected chi connectivity index (χ2v) is 5.00. The van der Waals surface area contributed by atoms with Gasteiger partial charge in [-0.25, -0.2) is 9.18 Å². The molecule has 0 aliphatic carbocycles. The fourth-order valence-corrected chi connectivity index (χ4v) is 1.41. The van der Waals surface area contributed by atoms with E-state index in [-0.39, 0.29) is 0 Å². The Hall–Kier alpha value is -1.77. The standard InChI is InChI=1S/C11H6F14O2/c1-3(5(26)27)4(12)2-6(13,14)7(15,16)8(17,18)9(19,20)10(21,22)11(23,24)25/h4H,1-2H2,(H,26,27). The summed E-state index contributed by atoms with van der Waals surface area (Å²) in [4.78, 5) is 10.2. The predicted octanol–water partition coefficient (Wildman–Crippen LogP) is 5.09. The first-order valence-corrected chi connectivity index (χ1v) is 6.01. The molecule has 0 heterocycles. The van der Waals surface area contributed by atoms with Crippen molar-refractivity contribution in [2.45, 2.75) is 48.4 Å². The molecule has 16 heteroatoms. The van der Waals surface area contributed by atoms with Gasteiger partial charge in [-0.3, -0.25) is 0 Å². The fraction of sp³-hybridized carbons (Fsp3) is 0.727. The van der Waals surface area contributed by atoms with Gasteiger partial charge in [0.15, 0.2) is 0 Å². The van der Waals surface area contributed by atoms with Crippen LogP contribution in [0.3, 0.4) is 0 Å². The number of rotatable bonds is 8. The summed E-state index contributed by atoms with van der Waals surface area (Å²) in [7, 11) is 0. The molecule has 1 atom stereocenters. The molecule has 2 nitrogen and oxygen atoms in total. The van der Waals surface area contributed by atoms with Gasteiger partial charge in [-0.1, -0.05) is 6.58 Å². The Morgan fingerprint density at radius 1 is 0.741 bits per heavy atom. The molecule has 160 valence electrons. The Balaban J connectivity index is 6.16. The van der Waals surface area contributed by atoms with Crippen LogP contribution in [0.25, 0.3) is 0 Å². The molecule has 1 unspecified atom stereocenters. The van der Waals surface area contributed by atoms with Crippen LogP contribution in [0.4, 0.5) is 61.5 Å². The number of hydrogen-bond donors (Lipinski definition) is 1. The molecule has 0 bridgehead atoms. The van der Waals surface area contributed by atoms with E-state index in [1.165, 1.54) is 0 Å². The van der Waals surface area contributed by atoms with E-state index in [1.54, 1.807) is 0 Å². The average Bonchev–Trinajstić information content (AvgIpc) is 2.43. The van der Waals surface area contributed by atoms with Crippen LogP contribution in [-0.4, -0.2) is 53.0 Å². The van der Waals surface area contributed by atoms with Crippen molar-refractivity contribution in [3.8, 4) is 0 Å². The van der Waals surface area contributed by atoms with Crippen molar-refractivity contribution < 1.29 is 71.4 Å². The average molecular weight is 436 g/mol. The van der Waals surface area contributed by atoms with Crippen molar-refractivity contribution in [2.75, 3.05) is 0 Å². The molecule has 0 amide bonds. The van der Waals surface area contributed by atoms with E-state index in [2.05, 4.69) is 6.58 Å². The van der Waals surface area contributed by atoms with Crippen molar-refractivity contribution in [1.29, 1.82) is 0 Å². The first kappa shape index (κ1) is 25.2. The molecule has 0 rings (SSSR count). The van der Waals surface area contributed by atoms with Gasteiger partial charge < -0.3 is 5.11 Å². The number of carboxylic acid groups (broad SMARTS) is 1. The first-order valence-electron chi connectivity index (χ1n) is 6.01. The van der Waals surface area contributed by atoms with Crippen LogP contribution in [0.5, 0.6) is 0 Å². The summed E-state index contributed by atoms with van der Waals surface area (Å²) in [5, 5.41) is 8.17. The minimum absolute atomic E-state index is 1.93. The van der Waals surface area contributed by atoms with E-state index in [0.717, 1.165) is 0 Å². The lowest BCUT2D eigenvalue weighted by Gasteiger charge is -2.40. The van der Waals surface area contributed by atoms with Gasteiger partial charge in [-0.05, 0) is 0 Å². The Morgan fingerprint density at radius 3 is 1.37 bits per heavy atom. The maximum atomic E-state index is 13.2. The summed E-state index contributed by atoms with van der Waals surface area (Å²) >= 11 is 0. The molecule has 0 spiro atoms. The van der Waals surface area contributed by atoms with Crippen molar-refractivity contribution in [2.24, 2.45) is 0 Å². The minimum Gasteiger partial charge on any atom is -0.478 e. The van der Waals surface area contributed by atoms with Crippen LogP contribution in [0.15, 0.2) is 12.2 Å². The van der Waals surface area contributed by atoms with Gasteiger partial charge in [0.2, 0.25) is 0 Å². The van der Waals surface area contributed by atoms with Crippen molar-refractivity contribution in [1.82, 2.24) is 0 Å². The molecule has 0 saturated carbocycles. The highest BCUT2D eigenvalue weighted by atomic mass is 19.4. The zero-order chi connectivity index (χ0) is 22.4. The van der Waals surface area contributed by atoms with E-state index in [4.69, 9.17) is 5.11 Å². The van der Waals surface area contributed by atoms with Gasteiger partial charge in [0.25, 0.3) is 0 Å². The summed E-state index contributed by atoms with van der Waals surface area (Å²) in [5.41, 5.74) is -1.93. The van der Waals surface area contributed by atoms with Crippen LogP contribution in [0.2, 0.25) is 0 Å². The van der Waals surface area contributed by atoms with E-state index in [9.17, 15) is 66.3 Å². The smallest absolute Gasteiger partial charge is 0.460 e. The first-order chi connectivity index (χ1) is 11.5. The Kier molecular flexibility index (Phi) is 6.25. The third kappa shape index (κ3) is 3.79. The van der Waals surface area contributed by atoms with E-state index in [0.29, 0.717) is 0 Å². The Morgan fingerprint density at radius 2 is 1.07 bits per heavy atom.